The number of benzene rings is 1. The van der Waals surface area contributed by atoms with Crippen molar-refractivity contribution < 1.29 is 4.74 Å². The van der Waals surface area contributed by atoms with E-state index in [1.165, 1.54) is 24.8 Å². The molecule has 2 fully saturated rings. The smallest absolute Gasteiger partial charge is 0.193 e. The highest BCUT2D eigenvalue weighted by atomic mass is 16.5. The number of nitrogens with one attached hydrogen (secondary N) is 1. The van der Waals surface area contributed by atoms with Gasteiger partial charge in [0.25, 0.3) is 0 Å². The van der Waals surface area contributed by atoms with E-state index in [9.17, 15) is 0 Å². The Morgan fingerprint density at radius 2 is 2.12 bits per heavy atom. The standard InChI is InChI=1S/C20H31N3O/c1-3-16-15-23(12-11-19(16)17-8-5-4-6-9-17)20(21-2)22-14-18-10-7-13-24-18/h4-6,8-9,16,18-19H,3,7,10-15H2,1-2H3,(H,21,22). The third-order valence-electron chi connectivity index (χ3n) is 5.51. The maximum atomic E-state index is 5.72. The highest BCUT2D eigenvalue weighted by molar-refractivity contribution is 5.80. The van der Waals surface area contributed by atoms with E-state index in [1.54, 1.807) is 0 Å². The van der Waals surface area contributed by atoms with Crippen molar-refractivity contribution in [2.24, 2.45) is 10.9 Å². The molecule has 3 unspecified atom stereocenters. The van der Waals surface area contributed by atoms with Crippen molar-refractivity contribution >= 4 is 5.96 Å². The van der Waals surface area contributed by atoms with Crippen molar-refractivity contribution in [2.45, 2.75) is 44.6 Å². The molecule has 24 heavy (non-hydrogen) atoms. The molecule has 4 heteroatoms. The molecule has 0 amide bonds. The lowest BCUT2D eigenvalue weighted by Gasteiger charge is -2.40. The van der Waals surface area contributed by atoms with Crippen LogP contribution in [0.4, 0.5) is 0 Å². The molecule has 1 N–H and O–H groups in total. The monoisotopic (exact) mass is 329 g/mol. The average Bonchev–Trinajstić information content (AvgIpc) is 3.16. The highest BCUT2D eigenvalue weighted by Gasteiger charge is 2.30. The third-order valence-corrected chi connectivity index (χ3v) is 5.51. The molecular weight excluding hydrogens is 298 g/mol. The van der Waals surface area contributed by atoms with Crippen molar-refractivity contribution in [2.75, 3.05) is 33.3 Å². The van der Waals surface area contributed by atoms with E-state index in [0.29, 0.717) is 17.9 Å². The first-order valence-corrected chi connectivity index (χ1v) is 9.44. The van der Waals surface area contributed by atoms with Crippen LogP contribution in [0.2, 0.25) is 0 Å². The minimum Gasteiger partial charge on any atom is -0.376 e. The van der Waals surface area contributed by atoms with Crippen LogP contribution in [-0.2, 0) is 4.74 Å². The molecule has 0 aromatic heterocycles. The summed E-state index contributed by atoms with van der Waals surface area (Å²) in [6.45, 7) is 6.25. The van der Waals surface area contributed by atoms with E-state index in [1.807, 2.05) is 7.05 Å². The van der Waals surface area contributed by atoms with Gasteiger partial charge in [-0.3, -0.25) is 4.99 Å². The van der Waals surface area contributed by atoms with E-state index in [-0.39, 0.29) is 0 Å². The van der Waals surface area contributed by atoms with Gasteiger partial charge in [-0.25, -0.2) is 0 Å². The molecule has 0 spiro atoms. The maximum Gasteiger partial charge on any atom is 0.193 e. The SMILES string of the molecule is CCC1CN(C(=NC)NCC2CCCO2)CCC1c1ccccc1. The van der Waals surface area contributed by atoms with Crippen LogP contribution < -0.4 is 5.32 Å². The molecule has 2 aliphatic heterocycles. The summed E-state index contributed by atoms with van der Waals surface area (Å²) in [4.78, 5) is 6.95. The Morgan fingerprint density at radius 3 is 2.79 bits per heavy atom. The molecule has 2 heterocycles. The van der Waals surface area contributed by atoms with Gasteiger partial charge >= 0.3 is 0 Å². The van der Waals surface area contributed by atoms with Crippen molar-refractivity contribution in [1.82, 2.24) is 10.2 Å². The van der Waals surface area contributed by atoms with Crippen molar-refractivity contribution in [3.8, 4) is 0 Å². The Kier molecular flexibility index (Phi) is 6.13. The Balaban J connectivity index is 1.59. The fourth-order valence-corrected chi connectivity index (χ4v) is 4.12. The number of aliphatic imine (C=N–C) groups is 1. The predicted molar refractivity (Wildman–Crippen MR) is 99.5 cm³/mol. The number of hydrogen-bond acceptors (Lipinski definition) is 2. The second kappa shape index (κ2) is 8.52. The predicted octanol–water partition coefficient (Wildman–Crippen LogP) is 3.26. The number of likely N-dealkylation sites (tertiary alicyclic amines) is 1. The summed E-state index contributed by atoms with van der Waals surface area (Å²) in [6.07, 6.45) is 5.11. The molecule has 3 rings (SSSR count). The minimum absolute atomic E-state index is 0.352. The van der Waals surface area contributed by atoms with Crippen LogP contribution in [0.3, 0.4) is 0 Å². The molecule has 132 valence electrons. The zero-order chi connectivity index (χ0) is 16.8. The van der Waals surface area contributed by atoms with Gasteiger partial charge in [0.15, 0.2) is 5.96 Å². The Hall–Kier alpha value is -1.55. The van der Waals surface area contributed by atoms with Gasteiger partial charge < -0.3 is 15.0 Å². The first-order valence-electron chi connectivity index (χ1n) is 9.44. The van der Waals surface area contributed by atoms with Crippen LogP contribution >= 0.6 is 0 Å². The molecule has 0 saturated carbocycles. The molecule has 3 atom stereocenters. The van der Waals surface area contributed by atoms with Gasteiger partial charge in [0.05, 0.1) is 6.10 Å². The molecule has 0 bridgehead atoms. The number of ether oxygens (including phenoxy) is 1. The van der Waals surface area contributed by atoms with Crippen LogP contribution in [0.15, 0.2) is 35.3 Å². The van der Waals surface area contributed by atoms with Crippen LogP contribution in [0, 0.1) is 5.92 Å². The minimum atomic E-state index is 0.352. The summed E-state index contributed by atoms with van der Waals surface area (Å²) in [5.41, 5.74) is 1.49. The fraction of sp³-hybridized carbons (Fsp3) is 0.650. The molecular formula is C20H31N3O. The van der Waals surface area contributed by atoms with Gasteiger partial charge in [-0.1, -0.05) is 43.7 Å². The van der Waals surface area contributed by atoms with Crippen LogP contribution in [0.25, 0.3) is 0 Å². The van der Waals surface area contributed by atoms with Gasteiger partial charge in [-0.2, -0.15) is 0 Å². The van der Waals surface area contributed by atoms with Crippen LogP contribution in [-0.4, -0.2) is 50.3 Å². The molecule has 2 aliphatic rings. The molecule has 0 radical (unpaired) electrons. The quantitative estimate of drug-likeness (QED) is 0.680. The summed E-state index contributed by atoms with van der Waals surface area (Å²) < 4.78 is 5.72. The Bertz CT molecular complexity index is 525. The summed E-state index contributed by atoms with van der Waals surface area (Å²) in [5, 5.41) is 3.53. The number of hydrogen-bond donors (Lipinski definition) is 1. The van der Waals surface area contributed by atoms with E-state index in [4.69, 9.17) is 4.74 Å². The summed E-state index contributed by atoms with van der Waals surface area (Å²) >= 11 is 0. The third kappa shape index (κ3) is 4.10. The normalized spacial score (nSPS) is 28.2. The zero-order valence-corrected chi connectivity index (χ0v) is 15.1. The largest absolute Gasteiger partial charge is 0.376 e. The zero-order valence-electron chi connectivity index (χ0n) is 15.1. The second-order valence-corrected chi connectivity index (χ2v) is 6.98. The Labute approximate surface area is 146 Å². The average molecular weight is 329 g/mol. The van der Waals surface area contributed by atoms with Crippen LogP contribution in [0.5, 0.6) is 0 Å². The van der Waals surface area contributed by atoms with Gasteiger partial charge in [0.1, 0.15) is 0 Å². The first kappa shape index (κ1) is 17.3. The van der Waals surface area contributed by atoms with Gasteiger partial charge in [-0.15, -0.1) is 0 Å². The summed E-state index contributed by atoms with van der Waals surface area (Å²) in [7, 11) is 1.89. The Morgan fingerprint density at radius 1 is 1.29 bits per heavy atom. The lowest BCUT2D eigenvalue weighted by atomic mass is 9.79. The molecule has 4 nitrogen and oxygen atoms in total. The molecule has 1 aromatic carbocycles. The lowest BCUT2D eigenvalue weighted by Crippen LogP contribution is -2.49. The number of piperidine rings is 1. The van der Waals surface area contributed by atoms with Gasteiger partial charge in [0.2, 0.25) is 0 Å². The van der Waals surface area contributed by atoms with E-state index in [0.717, 1.165) is 38.6 Å². The summed E-state index contributed by atoms with van der Waals surface area (Å²) in [6, 6.07) is 11.0. The van der Waals surface area contributed by atoms with Crippen LogP contribution in [0.1, 0.15) is 44.1 Å². The van der Waals surface area contributed by atoms with E-state index >= 15 is 0 Å². The first-order chi connectivity index (χ1) is 11.8. The topological polar surface area (TPSA) is 36.9 Å². The van der Waals surface area contributed by atoms with E-state index < -0.39 is 0 Å². The highest BCUT2D eigenvalue weighted by Crippen LogP contribution is 2.34. The maximum absolute atomic E-state index is 5.72. The number of guanidine groups is 1. The van der Waals surface area contributed by atoms with Gasteiger partial charge in [-0.05, 0) is 36.7 Å². The second-order valence-electron chi connectivity index (χ2n) is 6.98. The molecule has 1 aromatic rings. The van der Waals surface area contributed by atoms with Crippen molar-refractivity contribution in [3.63, 3.8) is 0 Å². The number of nitrogens with zero attached hydrogens (tertiary/aromatic N) is 2. The van der Waals surface area contributed by atoms with Crippen molar-refractivity contribution in [1.29, 1.82) is 0 Å². The fourth-order valence-electron chi connectivity index (χ4n) is 4.12. The lowest BCUT2D eigenvalue weighted by molar-refractivity contribution is 0.112. The van der Waals surface area contributed by atoms with Gasteiger partial charge in [0, 0.05) is 33.3 Å². The summed E-state index contributed by atoms with van der Waals surface area (Å²) in [5.74, 6) is 2.39. The molecule has 0 aliphatic carbocycles. The number of rotatable bonds is 4. The van der Waals surface area contributed by atoms with E-state index in [2.05, 4.69) is 52.5 Å². The molecule has 2 saturated heterocycles. The van der Waals surface area contributed by atoms with Crippen molar-refractivity contribution in [3.05, 3.63) is 35.9 Å².